The molecule has 94 valence electrons. The number of hydrogen-bond acceptors (Lipinski definition) is 2. The van der Waals surface area contributed by atoms with Gasteiger partial charge in [-0.1, -0.05) is 22.0 Å². The van der Waals surface area contributed by atoms with Crippen LogP contribution in [-0.2, 0) is 4.74 Å². The van der Waals surface area contributed by atoms with Crippen molar-refractivity contribution < 1.29 is 9.53 Å². The van der Waals surface area contributed by atoms with E-state index in [-0.39, 0.29) is 11.9 Å². The van der Waals surface area contributed by atoms with E-state index in [1.165, 1.54) is 0 Å². The molecule has 1 amide bonds. The minimum atomic E-state index is -0.0425. The van der Waals surface area contributed by atoms with Crippen molar-refractivity contribution in [2.45, 2.75) is 12.5 Å². The molecule has 0 aliphatic carbocycles. The molecule has 4 nitrogen and oxygen atoms in total. The lowest BCUT2D eigenvalue weighted by atomic mass is 10.1. The predicted octanol–water partition coefficient (Wildman–Crippen LogP) is 2.45. The van der Waals surface area contributed by atoms with Crippen molar-refractivity contribution in [2.75, 3.05) is 13.2 Å². The van der Waals surface area contributed by atoms with Gasteiger partial charge in [0.05, 0.1) is 18.2 Å². The second kappa shape index (κ2) is 4.74. The number of nitrogens with one attached hydrogen (secondary N) is 2. The summed E-state index contributed by atoms with van der Waals surface area (Å²) in [5.41, 5.74) is 1.64. The zero-order valence-electron chi connectivity index (χ0n) is 9.70. The first-order valence-corrected chi connectivity index (χ1v) is 6.68. The Bertz CT molecular complexity index is 588. The van der Waals surface area contributed by atoms with Crippen LogP contribution in [0.25, 0.3) is 10.9 Å². The molecule has 5 heteroatoms. The van der Waals surface area contributed by atoms with Crippen molar-refractivity contribution in [3.63, 3.8) is 0 Å². The van der Waals surface area contributed by atoms with Gasteiger partial charge in [0.2, 0.25) is 0 Å². The maximum absolute atomic E-state index is 12.2. The summed E-state index contributed by atoms with van der Waals surface area (Å²) in [5, 5.41) is 3.93. The van der Waals surface area contributed by atoms with Crippen LogP contribution >= 0.6 is 15.9 Å². The standard InChI is InChI=1S/C13H13BrN2O2/c14-8-1-2-10-11(6-15-12(10)5-8)13(17)16-9-3-4-18-7-9/h1-2,5-6,9,15H,3-4,7H2,(H,16,17). The van der Waals surface area contributed by atoms with Gasteiger partial charge in [-0.05, 0) is 18.6 Å². The van der Waals surface area contributed by atoms with Crippen molar-refractivity contribution in [2.24, 2.45) is 0 Å². The molecule has 1 aromatic heterocycles. The van der Waals surface area contributed by atoms with E-state index in [9.17, 15) is 4.79 Å². The van der Waals surface area contributed by atoms with Crippen molar-refractivity contribution in [3.8, 4) is 0 Å². The minimum Gasteiger partial charge on any atom is -0.379 e. The molecule has 18 heavy (non-hydrogen) atoms. The van der Waals surface area contributed by atoms with Gasteiger partial charge in [-0.15, -0.1) is 0 Å². The Morgan fingerprint density at radius 3 is 3.17 bits per heavy atom. The summed E-state index contributed by atoms with van der Waals surface area (Å²) >= 11 is 3.41. The van der Waals surface area contributed by atoms with Crippen LogP contribution in [0.15, 0.2) is 28.9 Å². The fraction of sp³-hybridized carbons (Fsp3) is 0.308. The second-order valence-electron chi connectivity index (χ2n) is 4.43. The minimum absolute atomic E-state index is 0.0425. The molecular weight excluding hydrogens is 296 g/mol. The molecule has 1 unspecified atom stereocenters. The summed E-state index contributed by atoms with van der Waals surface area (Å²) < 4.78 is 6.24. The maximum Gasteiger partial charge on any atom is 0.253 e. The van der Waals surface area contributed by atoms with Gasteiger partial charge >= 0.3 is 0 Å². The second-order valence-corrected chi connectivity index (χ2v) is 5.34. The lowest BCUT2D eigenvalue weighted by Gasteiger charge is -2.09. The maximum atomic E-state index is 12.2. The van der Waals surface area contributed by atoms with Gasteiger partial charge in [-0.2, -0.15) is 0 Å². The molecule has 2 heterocycles. The third kappa shape index (κ3) is 2.15. The molecule has 2 N–H and O–H groups in total. The number of rotatable bonds is 2. The van der Waals surface area contributed by atoms with E-state index in [0.717, 1.165) is 28.4 Å². The monoisotopic (exact) mass is 308 g/mol. The molecule has 1 aliphatic rings. The Hall–Kier alpha value is -1.33. The first-order chi connectivity index (χ1) is 8.74. The predicted molar refractivity (Wildman–Crippen MR) is 72.7 cm³/mol. The lowest BCUT2D eigenvalue weighted by Crippen LogP contribution is -2.34. The molecule has 3 rings (SSSR count). The topological polar surface area (TPSA) is 54.1 Å². The SMILES string of the molecule is O=C(NC1CCOC1)c1c[nH]c2cc(Br)ccc12. The first-order valence-electron chi connectivity index (χ1n) is 5.89. The fourth-order valence-corrected chi connectivity index (χ4v) is 2.56. The highest BCUT2D eigenvalue weighted by Gasteiger charge is 2.20. The number of fused-ring (bicyclic) bond motifs is 1. The molecule has 0 radical (unpaired) electrons. The molecule has 0 bridgehead atoms. The zero-order chi connectivity index (χ0) is 12.5. The Labute approximate surface area is 113 Å². The summed E-state index contributed by atoms with van der Waals surface area (Å²) in [6.07, 6.45) is 2.64. The number of carbonyl (C=O) groups excluding carboxylic acids is 1. The lowest BCUT2D eigenvalue weighted by molar-refractivity contribution is 0.0931. The van der Waals surface area contributed by atoms with Gasteiger partial charge in [0.1, 0.15) is 0 Å². The Balaban J connectivity index is 1.86. The van der Waals surface area contributed by atoms with E-state index < -0.39 is 0 Å². The van der Waals surface area contributed by atoms with Crippen molar-refractivity contribution in [1.29, 1.82) is 0 Å². The smallest absolute Gasteiger partial charge is 0.253 e. The van der Waals surface area contributed by atoms with Crippen LogP contribution in [0.5, 0.6) is 0 Å². The normalized spacial score (nSPS) is 19.3. The van der Waals surface area contributed by atoms with Crippen LogP contribution in [0.2, 0.25) is 0 Å². The van der Waals surface area contributed by atoms with Crippen molar-refractivity contribution >= 4 is 32.7 Å². The third-order valence-electron chi connectivity index (χ3n) is 3.15. The van der Waals surface area contributed by atoms with Gasteiger partial charge < -0.3 is 15.0 Å². The molecule has 2 aromatic rings. The molecule has 0 saturated carbocycles. The van der Waals surface area contributed by atoms with Crippen LogP contribution in [-0.4, -0.2) is 30.1 Å². The molecular formula is C13H13BrN2O2. The van der Waals surface area contributed by atoms with Crippen LogP contribution in [0.4, 0.5) is 0 Å². The van der Waals surface area contributed by atoms with Crippen LogP contribution in [0.1, 0.15) is 16.8 Å². The summed E-state index contributed by atoms with van der Waals surface area (Å²) in [6, 6.07) is 5.98. The highest BCUT2D eigenvalue weighted by Crippen LogP contribution is 2.22. The van der Waals surface area contributed by atoms with Crippen LogP contribution in [0.3, 0.4) is 0 Å². The molecule has 1 aliphatic heterocycles. The number of halogens is 1. The van der Waals surface area contributed by atoms with Crippen LogP contribution < -0.4 is 5.32 Å². The highest BCUT2D eigenvalue weighted by molar-refractivity contribution is 9.10. The number of hydrogen-bond donors (Lipinski definition) is 2. The summed E-state index contributed by atoms with van der Waals surface area (Å²) in [5.74, 6) is -0.0425. The molecule has 0 spiro atoms. The first kappa shape index (κ1) is 11.7. The number of benzene rings is 1. The van der Waals surface area contributed by atoms with E-state index in [0.29, 0.717) is 12.2 Å². The number of ether oxygens (including phenoxy) is 1. The molecule has 1 aromatic carbocycles. The van der Waals surface area contributed by atoms with Gasteiger partial charge in [0.25, 0.3) is 5.91 Å². The summed E-state index contributed by atoms with van der Waals surface area (Å²) in [6.45, 7) is 1.34. The van der Waals surface area contributed by atoms with E-state index in [1.54, 1.807) is 6.20 Å². The van der Waals surface area contributed by atoms with E-state index in [4.69, 9.17) is 4.74 Å². The Kier molecular flexibility index (Phi) is 3.09. The number of carbonyl (C=O) groups is 1. The van der Waals surface area contributed by atoms with E-state index >= 15 is 0 Å². The van der Waals surface area contributed by atoms with Gasteiger partial charge in [0, 0.05) is 28.2 Å². The quantitative estimate of drug-likeness (QED) is 0.895. The number of H-pyrrole nitrogens is 1. The summed E-state index contributed by atoms with van der Waals surface area (Å²) in [7, 11) is 0. The average Bonchev–Trinajstić information content (AvgIpc) is 2.97. The van der Waals surface area contributed by atoms with E-state index in [2.05, 4.69) is 26.2 Å². The molecule has 1 saturated heterocycles. The van der Waals surface area contributed by atoms with Gasteiger partial charge in [0.15, 0.2) is 0 Å². The van der Waals surface area contributed by atoms with Crippen LogP contribution in [0, 0.1) is 0 Å². The Morgan fingerprint density at radius 2 is 2.39 bits per heavy atom. The highest BCUT2D eigenvalue weighted by atomic mass is 79.9. The number of aromatic nitrogens is 1. The summed E-state index contributed by atoms with van der Waals surface area (Å²) in [4.78, 5) is 15.3. The van der Waals surface area contributed by atoms with Gasteiger partial charge in [-0.25, -0.2) is 0 Å². The average molecular weight is 309 g/mol. The third-order valence-corrected chi connectivity index (χ3v) is 3.65. The van der Waals surface area contributed by atoms with Crippen molar-refractivity contribution in [1.82, 2.24) is 10.3 Å². The molecule has 1 atom stereocenters. The Morgan fingerprint density at radius 1 is 1.50 bits per heavy atom. The van der Waals surface area contributed by atoms with Crippen molar-refractivity contribution in [3.05, 3.63) is 34.4 Å². The number of aromatic amines is 1. The van der Waals surface area contributed by atoms with E-state index in [1.807, 2.05) is 18.2 Å². The molecule has 1 fully saturated rings. The zero-order valence-corrected chi connectivity index (χ0v) is 11.3. The largest absolute Gasteiger partial charge is 0.379 e. The number of amides is 1. The fourth-order valence-electron chi connectivity index (χ4n) is 2.20. The van der Waals surface area contributed by atoms with Gasteiger partial charge in [-0.3, -0.25) is 4.79 Å².